The van der Waals surface area contributed by atoms with Crippen LogP contribution in [0, 0.1) is 0 Å². The molecule has 0 saturated carbocycles. The Kier molecular flexibility index (Phi) is 4.51. The SMILES string of the molecule is CCc1ccccc1[C@@H](CC(=O)O)NC=O. The molecule has 86 valence electrons. The standard InChI is InChI=1S/C12H15NO3/c1-2-9-5-3-4-6-10(9)11(13-8-14)7-12(15)16/h3-6,8,11H,2,7H2,1H3,(H,13,14)(H,15,16)/t11-/m1/s1. The molecule has 0 aliphatic rings. The Balaban J connectivity index is 2.99. The maximum absolute atomic E-state index is 10.7. The van der Waals surface area contributed by atoms with Crippen LogP contribution in [-0.2, 0) is 16.0 Å². The van der Waals surface area contributed by atoms with Crippen LogP contribution in [0.1, 0.15) is 30.5 Å². The molecule has 1 aromatic rings. The van der Waals surface area contributed by atoms with E-state index in [-0.39, 0.29) is 6.42 Å². The van der Waals surface area contributed by atoms with E-state index in [0.717, 1.165) is 17.5 Å². The molecule has 0 aromatic heterocycles. The number of carbonyl (C=O) groups excluding carboxylic acids is 1. The highest BCUT2D eigenvalue weighted by molar-refractivity contribution is 5.68. The Bertz CT molecular complexity index is 376. The van der Waals surface area contributed by atoms with E-state index < -0.39 is 12.0 Å². The van der Waals surface area contributed by atoms with Gasteiger partial charge in [-0.2, -0.15) is 0 Å². The van der Waals surface area contributed by atoms with Crippen molar-refractivity contribution in [1.29, 1.82) is 0 Å². The summed E-state index contributed by atoms with van der Waals surface area (Å²) in [5, 5.41) is 11.3. The predicted molar refractivity (Wildman–Crippen MR) is 60.0 cm³/mol. The van der Waals surface area contributed by atoms with E-state index in [1.807, 2.05) is 31.2 Å². The first-order valence-electron chi connectivity index (χ1n) is 5.18. The van der Waals surface area contributed by atoms with Crippen LogP contribution in [0.5, 0.6) is 0 Å². The third-order valence-electron chi connectivity index (χ3n) is 2.46. The molecule has 4 nitrogen and oxygen atoms in total. The molecule has 0 unspecified atom stereocenters. The smallest absolute Gasteiger partial charge is 0.305 e. The summed E-state index contributed by atoms with van der Waals surface area (Å²) < 4.78 is 0. The predicted octanol–water partition coefficient (Wildman–Crippen LogP) is 1.51. The molecule has 1 aromatic carbocycles. The minimum atomic E-state index is -0.926. The minimum Gasteiger partial charge on any atom is -0.481 e. The van der Waals surface area contributed by atoms with Crippen molar-refractivity contribution in [2.75, 3.05) is 0 Å². The van der Waals surface area contributed by atoms with Gasteiger partial charge in [-0.3, -0.25) is 9.59 Å². The normalized spacial score (nSPS) is 11.8. The number of rotatable bonds is 6. The fourth-order valence-electron chi connectivity index (χ4n) is 1.71. The second-order valence-corrected chi connectivity index (χ2v) is 3.49. The molecule has 0 radical (unpaired) electrons. The largest absolute Gasteiger partial charge is 0.481 e. The van der Waals surface area contributed by atoms with Crippen LogP contribution in [0.3, 0.4) is 0 Å². The summed E-state index contributed by atoms with van der Waals surface area (Å²) in [5.74, 6) is -0.926. The van der Waals surface area contributed by atoms with Crippen molar-refractivity contribution in [2.45, 2.75) is 25.8 Å². The minimum absolute atomic E-state index is 0.101. The van der Waals surface area contributed by atoms with Gasteiger partial charge in [-0.1, -0.05) is 31.2 Å². The van der Waals surface area contributed by atoms with Crippen molar-refractivity contribution < 1.29 is 14.7 Å². The van der Waals surface area contributed by atoms with Crippen LogP contribution in [0.2, 0.25) is 0 Å². The number of carbonyl (C=O) groups is 2. The highest BCUT2D eigenvalue weighted by atomic mass is 16.4. The maximum atomic E-state index is 10.7. The first-order valence-corrected chi connectivity index (χ1v) is 5.18. The lowest BCUT2D eigenvalue weighted by Gasteiger charge is -2.17. The lowest BCUT2D eigenvalue weighted by Crippen LogP contribution is -2.23. The molecule has 0 saturated heterocycles. The summed E-state index contributed by atoms with van der Waals surface area (Å²) in [7, 11) is 0. The lowest BCUT2D eigenvalue weighted by molar-refractivity contribution is -0.137. The van der Waals surface area contributed by atoms with Gasteiger partial charge in [0.2, 0.25) is 6.41 Å². The zero-order valence-electron chi connectivity index (χ0n) is 9.14. The van der Waals surface area contributed by atoms with Crippen molar-refractivity contribution in [3.63, 3.8) is 0 Å². The first kappa shape index (κ1) is 12.2. The average molecular weight is 221 g/mol. The molecule has 4 heteroatoms. The fraction of sp³-hybridized carbons (Fsp3) is 0.333. The molecule has 0 aliphatic heterocycles. The lowest BCUT2D eigenvalue weighted by atomic mass is 9.96. The molecule has 1 rings (SSSR count). The van der Waals surface area contributed by atoms with Gasteiger partial charge in [0.25, 0.3) is 0 Å². The van der Waals surface area contributed by atoms with Gasteiger partial charge in [0.05, 0.1) is 12.5 Å². The van der Waals surface area contributed by atoms with Crippen LogP contribution in [0.4, 0.5) is 0 Å². The molecule has 1 amide bonds. The van der Waals surface area contributed by atoms with E-state index in [0.29, 0.717) is 6.41 Å². The third-order valence-corrected chi connectivity index (χ3v) is 2.46. The van der Waals surface area contributed by atoms with Crippen molar-refractivity contribution in [1.82, 2.24) is 5.32 Å². The van der Waals surface area contributed by atoms with Gasteiger partial charge in [0.1, 0.15) is 0 Å². The van der Waals surface area contributed by atoms with E-state index in [1.54, 1.807) is 0 Å². The van der Waals surface area contributed by atoms with Gasteiger partial charge in [-0.15, -0.1) is 0 Å². The average Bonchev–Trinajstić information content (AvgIpc) is 2.28. The van der Waals surface area contributed by atoms with Crippen molar-refractivity contribution in [2.24, 2.45) is 0 Å². The highest BCUT2D eigenvalue weighted by Gasteiger charge is 2.16. The van der Waals surface area contributed by atoms with Crippen molar-refractivity contribution >= 4 is 12.4 Å². The van der Waals surface area contributed by atoms with Gasteiger partial charge in [0.15, 0.2) is 0 Å². The molecule has 0 fully saturated rings. The van der Waals surface area contributed by atoms with Gasteiger partial charge in [-0.25, -0.2) is 0 Å². The molecule has 2 N–H and O–H groups in total. The van der Waals surface area contributed by atoms with Crippen molar-refractivity contribution in [3.8, 4) is 0 Å². The van der Waals surface area contributed by atoms with E-state index in [4.69, 9.17) is 5.11 Å². The summed E-state index contributed by atoms with van der Waals surface area (Å²) in [6.45, 7) is 2.00. The van der Waals surface area contributed by atoms with Crippen LogP contribution < -0.4 is 5.32 Å². The summed E-state index contributed by atoms with van der Waals surface area (Å²) in [5.41, 5.74) is 1.93. The molecule has 0 heterocycles. The number of aliphatic carboxylic acids is 1. The van der Waals surface area contributed by atoms with Gasteiger partial charge in [0, 0.05) is 0 Å². The topological polar surface area (TPSA) is 66.4 Å². The maximum Gasteiger partial charge on any atom is 0.305 e. The van der Waals surface area contributed by atoms with Gasteiger partial charge < -0.3 is 10.4 Å². The zero-order chi connectivity index (χ0) is 12.0. The Morgan fingerprint density at radius 1 is 1.50 bits per heavy atom. The van der Waals surface area contributed by atoms with Crippen LogP contribution >= 0.6 is 0 Å². The zero-order valence-corrected chi connectivity index (χ0v) is 9.14. The number of carboxylic acids is 1. The Morgan fingerprint density at radius 3 is 2.75 bits per heavy atom. The molecule has 1 atom stereocenters. The molecule has 16 heavy (non-hydrogen) atoms. The molecule has 0 bridgehead atoms. The summed E-state index contributed by atoms with van der Waals surface area (Å²) in [4.78, 5) is 21.2. The van der Waals surface area contributed by atoms with Crippen LogP contribution in [-0.4, -0.2) is 17.5 Å². The van der Waals surface area contributed by atoms with Crippen molar-refractivity contribution in [3.05, 3.63) is 35.4 Å². The third kappa shape index (κ3) is 3.08. The fourth-order valence-corrected chi connectivity index (χ4v) is 1.71. The van der Waals surface area contributed by atoms with E-state index in [1.165, 1.54) is 0 Å². The second kappa shape index (κ2) is 5.90. The molecule has 0 aliphatic carbocycles. The second-order valence-electron chi connectivity index (χ2n) is 3.49. The number of nitrogens with one attached hydrogen (secondary N) is 1. The quantitative estimate of drug-likeness (QED) is 0.715. The highest BCUT2D eigenvalue weighted by Crippen LogP contribution is 2.21. The number of aryl methyl sites for hydroxylation is 1. The summed E-state index contributed by atoms with van der Waals surface area (Å²) in [6.07, 6.45) is 1.25. The van der Waals surface area contributed by atoms with Crippen LogP contribution in [0.25, 0.3) is 0 Å². The Labute approximate surface area is 94.3 Å². The van der Waals surface area contributed by atoms with Gasteiger partial charge >= 0.3 is 5.97 Å². The summed E-state index contributed by atoms with van der Waals surface area (Å²) >= 11 is 0. The van der Waals surface area contributed by atoms with Crippen LogP contribution in [0.15, 0.2) is 24.3 Å². The van der Waals surface area contributed by atoms with E-state index in [9.17, 15) is 9.59 Å². The number of hydrogen-bond acceptors (Lipinski definition) is 2. The molecule has 0 spiro atoms. The number of amides is 1. The Morgan fingerprint density at radius 2 is 2.19 bits per heavy atom. The molecular formula is C12H15NO3. The number of hydrogen-bond donors (Lipinski definition) is 2. The molecular weight excluding hydrogens is 206 g/mol. The monoisotopic (exact) mass is 221 g/mol. The number of carboxylic acid groups (broad SMARTS) is 1. The first-order chi connectivity index (χ1) is 7.69. The number of benzene rings is 1. The summed E-state index contributed by atoms with van der Waals surface area (Å²) in [6, 6.07) is 7.09. The van der Waals surface area contributed by atoms with E-state index in [2.05, 4.69) is 5.32 Å². The van der Waals surface area contributed by atoms with Gasteiger partial charge in [-0.05, 0) is 17.5 Å². The van der Waals surface area contributed by atoms with E-state index >= 15 is 0 Å². The Hall–Kier alpha value is -1.84.